The van der Waals surface area contributed by atoms with Gasteiger partial charge in [0, 0.05) is 14.1 Å². The van der Waals surface area contributed by atoms with E-state index in [-0.39, 0.29) is 18.8 Å². The van der Waals surface area contributed by atoms with Gasteiger partial charge in [-0.3, -0.25) is 4.79 Å². The third kappa shape index (κ3) is 6.16. The first-order chi connectivity index (χ1) is 13.6. The van der Waals surface area contributed by atoms with E-state index >= 15 is 0 Å². The van der Waals surface area contributed by atoms with Crippen LogP contribution in [0.5, 0.6) is 5.75 Å². The van der Waals surface area contributed by atoms with Crippen LogP contribution in [0.25, 0.3) is 0 Å². The maximum atomic E-state index is 14.2. The first-order valence-electron chi connectivity index (χ1n) is 9.04. The number of hydrogen-bond acceptors (Lipinski definition) is 4. The fourth-order valence-corrected chi connectivity index (χ4v) is 3.78. The standard InChI is InChI=1S/C20H26FN3O4S/c1-15-11-16(2)13-17(12-15)28-10-9-22-20(25)14-24(29(26,27)23(3)4)19-8-6-5-7-18(19)21/h5-8,11-13H,9-10,14H2,1-4H3,(H,22,25). The molecule has 1 N–H and O–H groups in total. The number of para-hydroxylation sites is 1. The Bertz CT molecular complexity index is 944. The Kier molecular flexibility index (Phi) is 7.58. The molecule has 29 heavy (non-hydrogen) atoms. The van der Waals surface area contributed by atoms with Crippen LogP contribution >= 0.6 is 0 Å². The SMILES string of the molecule is Cc1cc(C)cc(OCCNC(=O)CN(c2ccccc2F)S(=O)(=O)N(C)C)c1. The van der Waals surface area contributed by atoms with Crippen molar-refractivity contribution in [3.8, 4) is 5.75 Å². The zero-order valence-electron chi connectivity index (χ0n) is 17.0. The number of aryl methyl sites for hydroxylation is 2. The minimum atomic E-state index is -4.06. The smallest absolute Gasteiger partial charge is 0.304 e. The summed E-state index contributed by atoms with van der Waals surface area (Å²) in [6, 6.07) is 11.2. The molecule has 0 unspecified atom stereocenters. The number of hydrogen-bond donors (Lipinski definition) is 1. The molecule has 0 saturated heterocycles. The summed E-state index contributed by atoms with van der Waals surface area (Å²) >= 11 is 0. The molecular formula is C20H26FN3O4S. The maximum absolute atomic E-state index is 14.2. The van der Waals surface area contributed by atoms with Crippen molar-refractivity contribution < 1.29 is 22.3 Å². The number of carbonyl (C=O) groups is 1. The van der Waals surface area contributed by atoms with Gasteiger partial charge in [-0.2, -0.15) is 12.7 Å². The second kappa shape index (κ2) is 9.71. The van der Waals surface area contributed by atoms with Gasteiger partial charge in [-0.05, 0) is 49.2 Å². The number of halogens is 1. The fourth-order valence-electron chi connectivity index (χ4n) is 2.70. The highest BCUT2D eigenvalue weighted by molar-refractivity contribution is 7.90. The van der Waals surface area contributed by atoms with Crippen LogP contribution in [0.15, 0.2) is 42.5 Å². The molecular weight excluding hydrogens is 397 g/mol. The maximum Gasteiger partial charge on any atom is 0.304 e. The lowest BCUT2D eigenvalue weighted by molar-refractivity contribution is -0.119. The van der Waals surface area contributed by atoms with Gasteiger partial charge in [-0.25, -0.2) is 8.70 Å². The van der Waals surface area contributed by atoms with Gasteiger partial charge in [0.05, 0.1) is 12.2 Å². The molecule has 0 saturated carbocycles. The van der Waals surface area contributed by atoms with Gasteiger partial charge in [0.1, 0.15) is 24.7 Å². The second-order valence-corrected chi connectivity index (χ2v) is 8.84. The Morgan fingerprint density at radius 3 is 2.31 bits per heavy atom. The largest absolute Gasteiger partial charge is 0.492 e. The number of benzene rings is 2. The molecule has 0 aromatic heterocycles. The van der Waals surface area contributed by atoms with Crippen molar-refractivity contribution in [1.29, 1.82) is 0 Å². The van der Waals surface area contributed by atoms with Gasteiger partial charge >= 0.3 is 10.2 Å². The Balaban J connectivity index is 2.00. The minimum absolute atomic E-state index is 0.180. The molecule has 2 rings (SSSR count). The van der Waals surface area contributed by atoms with Crippen LogP contribution in [0.3, 0.4) is 0 Å². The van der Waals surface area contributed by atoms with E-state index in [1.807, 2.05) is 32.0 Å². The van der Waals surface area contributed by atoms with Gasteiger partial charge < -0.3 is 10.1 Å². The molecule has 0 fully saturated rings. The monoisotopic (exact) mass is 423 g/mol. The molecule has 0 radical (unpaired) electrons. The van der Waals surface area contributed by atoms with Gasteiger partial charge in [0.25, 0.3) is 0 Å². The molecule has 0 atom stereocenters. The number of nitrogens with one attached hydrogen (secondary N) is 1. The van der Waals surface area contributed by atoms with Gasteiger partial charge in [-0.15, -0.1) is 0 Å². The first-order valence-corrected chi connectivity index (χ1v) is 10.4. The lowest BCUT2D eigenvalue weighted by Gasteiger charge is -2.27. The number of ether oxygens (including phenoxy) is 1. The molecule has 2 aromatic rings. The van der Waals surface area contributed by atoms with Gasteiger partial charge in [-0.1, -0.05) is 18.2 Å². The van der Waals surface area contributed by atoms with Crippen molar-refractivity contribution in [3.63, 3.8) is 0 Å². The van der Waals surface area contributed by atoms with Crippen LogP contribution in [0, 0.1) is 19.7 Å². The summed E-state index contributed by atoms with van der Waals surface area (Å²) in [6.45, 7) is 3.77. The number of rotatable bonds is 9. The molecule has 9 heteroatoms. The second-order valence-electron chi connectivity index (χ2n) is 6.77. The summed E-state index contributed by atoms with van der Waals surface area (Å²) in [4.78, 5) is 12.3. The summed E-state index contributed by atoms with van der Waals surface area (Å²) in [5.41, 5.74) is 1.94. The summed E-state index contributed by atoms with van der Waals surface area (Å²) in [6.07, 6.45) is 0. The van der Waals surface area contributed by atoms with Crippen molar-refractivity contribution in [3.05, 3.63) is 59.4 Å². The normalized spacial score (nSPS) is 11.4. The minimum Gasteiger partial charge on any atom is -0.492 e. The van der Waals surface area contributed by atoms with E-state index in [2.05, 4.69) is 5.32 Å². The summed E-state index contributed by atoms with van der Waals surface area (Å²) in [5.74, 6) is -0.605. The Morgan fingerprint density at radius 1 is 1.10 bits per heavy atom. The highest BCUT2D eigenvalue weighted by Gasteiger charge is 2.29. The van der Waals surface area contributed by atoms with E-state index in [9.17, 15) is 17.6 Å². The van der Waals surface area contributed by atoms with E-state index in [1.54, 1.807) is 0 Å². The lowest BCUT2D eigenvalue weighted by atomic mass is 10.1. The molecule has 158 valence electrons. The summed E-state index contributed by atoms with van der Waals surface area (Å²) in [7, 11) is -1.42. The average Bonchev–Trinajstić information content (AvgIpc) is 2.63. The Morgan fingerprint density at radius 2 is 1.72 bits per heavy atom. The molecule has 0 spiro atoms. The van der Waals surface area contributed by atoms with Gasteiger partial charge in [0.15, 0.2) is 0 Å². The zero-order valence-corrected chi connectivity index (χ0v) is 17.8. The van der Waals surface area contributed by atoms with Crippen LogP contribution < -0.4 is 14.4 Å². The summed E-state index contributed by atoms with van der Waals surface area (Å²) in [5, 5.41) is 2.60. The topological polar surface area (TPSA) is 79.0 Å². The zero-order chi connectivity index (χ0) is 21.6. The van der Waals surface area contributed by atoms with E-state index in [0.29, 0.717) is 5.75 Å². The van der Waals surface area contributed by atoms with Crippen LogP contribution in [-0.2, 0) is 15.0 Å². The first kappa shape index (κ1) is 22.6. The average molecular weight is 424 g/mol. The highest BCUT2D eigenvalue weighted by atomic mass is 32.2. The molecule has 0 aliphatic carbocycles. The van der Waals surface area contributed by atoms with Crippen LogP contribution in [-0.4, -0.2) is 52.4 Å². The van der Waals surface area contributed by atoms with Crippen molar-refractivity contribution in [1.82, 2.24) is 9.62 Å². The predicted molar refractivity (Wildman–Crippen MR) is 111 cm³/mol. The third-order valence-electron chi connectivity index (χ3n) is 4.04. The van der Waals surface area contributed by atoms with Crippen molar-refractivity contribution in [2.75, 3.05) is 38.1 Å². The van der Waals surface area contributed by atoms with Gasteiger partial charge in [0.2, 0.25) is 5.91 Å². The lowest BCUT2D eigenvalue weighted by Crippen LogP contribution is -2.46. The fraction of sp³-hybridized carbons (Fsp3) is 0.350. The molecule has 0 bridgehead atoms. The van der Waals surface area contributed by atoms with Crippen molar-refractivity contribution >= 4 is 21.8 Å². The quantitative estimate of drug-likeness (QED) is 0.628. The van der Waals surface area contributed by atoms with E-state index in [4.69, 9.17) is 4.74 Å². The van der Waals surface area contributed by atoms with Crippen molar-refractivity contribution in [2.45, 2.75) is 13.8 Å². The van der Waals surface area contributed by atoms with Crippen LogP contribution in [0.4, 0.5) is 10.1 Å². The van der Waals surface area contributed by atoms with E-state index < -0.39 is 28.5 Å². The molecule has 0 aliphatic heterocycles. The molecule has 1 amide bonds. The molecule has 0 heterocycles. The Hall–Kier alpha value is -2.65. The number of amides is 1. The number of anilines is 1. The molecule has 2 aromatic carbocycles. The number of nitrogens with zero attached hydrogens (tertiary/aromatic N) is 2. The van der Waals surface area contributed by atoms with E-state index in [0.717, 1.165) is 25.8 Å². The molecule has 0 aliphatic rings. The van der Waals surface area contributed by atoms with Crippen LogP contribution in [0.2, 0.25) is 0 Å². The Labute approximate surface area is 171 Å². The molecule has 7 nitrogen and oxygen atoms in total. The van der Waals surface area contributed by atoms with Crippen molar-refractivity contribution in [2.24, 2.45) is 0 Å². The third-order valence-corrected chi connectivity index (χ3v) is 5.84. The summed E-state index contributed by atoms with van der Waals surface area (Å²) < 4.78 is 46.6. The number of carbonyl (C=O) groups excluding carboxylic acids is 1. The van der Waals surface area contributed by atoms with Crippen LogP contribution in [0.1, 0.15) is 11.1 Å². The van der Waals surface area contributed by atoms with E-state index in [1.165, 1.54) is 32.3 Å². The highest BCUT2D eigenvalue weighted by Crippen LogP contribution is 2.22. The predicted octanol–water partition coefficient (Wildman–Crippen LogP) is 2.25.